The lowest BCUT2D eigenvalue weighted by molar-refractivity contribution is 0.770. The van der Waals surface area contributed by atoms with E-state index in [9.17, 15) is 0 Å². The molecule has 0 aliphatic heterocycles. The summed E-state index contributed by atoms with van der Waals surface area (Å²) in [6, 6.07) is 16.2. The average Bonchev–Trinajstić information content (AvgIpc) is 3.01. The summed E-state index contributed by atoms with van der Waals surface area (Å²) in [6.45, 7) is 0. The van der Waals surface area contributed by atoms with E-state index in [-0.39, 0.29) is 0 Å². The number of rotatable bonds is 3. The average molecular weight is 312 g/mol. The van der Waals surface area contributed by atoms with Crippen molar-refractivity contribution in [3.63, 3.8) is 0 Å². The Balaban J connectivity index is 1.70. The minimum absolute atomic E-state index is 0.929. The highest BCUT2D eigenvalue weighted by molar-refractivity contribution is 5.82. The summed E-state index contributed by atoms with van der Waals surface area (Å²) < 4.78 is 1.82. The second-order valence-electron chi connectivity index (χ2n) is 5.60. The van der Waals surface area contributed by atoms with E-state index in [2.05, 4.69) is 33.3 Å². The summed E-state index contributed by atoms with van der Waals surface area (Å²) in [4.78, 5) is 8.74. The van der Waals surface area contributed by atoms with Gasteiger partial charge in [-0.2, -0.15) is 5.10 Å². The van der Waals surface area contributed by atoms with Gasteiger partial charge < -0.3 is 0 Å². The highest BCUT2D eigenvalue weighted by atomic mass is 15.2. The number of pyridine rings is 2. The van der Waals surface area contributed by atoms with Crippen molar-refractivity contribution in [2.45, 2.75) is 0 Å². The Kier molecular flexibility index (Phi) is 3.63. The summed E-state index contributed by atoms with van der Waals surface area (Å²) in [6.07, 6.45) is 9.64. The van der Waals surface area contributed by atoms with Gasteiger partial charge in [0.1, 0.15) is 0 Å². The summed E-state index contributed by atoms with van der Waals surface area (Å²) in [5, 5.41) is 5.71. The van der Waals surface area contributed by atoms with Gasteiger partial charge in [-0.3, -0.25) is 9.67 Å². The van der Waals surface area contributed by atoms with Crippen LogP contribution < -0.4 is 0 Å². The predicted molar refractivity (Wildman–Crippen MR) is 97.1 cm³/mol. The second-order valence-corrected chi connectivity index (χ2v) is 5.60. The van der Waals surface area contributed by atoms with Crippen molar-refractivity contribution in [1.29, 1.82) is 0 Å². The summed E-state index contributed by atoms with van der Waals surface area (Å²) in [7, 11) is 1.93. The van der Waals surface area contributed by atoms with Gasteiger partial charge in [0.25, 0.3) is 0 Å². The van der Waals surface area contributed by atoms with Crippen LogP contribution in [0.4, 0.5) is 0 Å². The molecule has 0 saturated carbocycles. The van der Waals surface area contributed by atoms with Gasteiger partial charge in [-0.05, 0) is 36.4 Å². The Bertz CT molecular complexity index is 1020. The van der Waals surface area contributed by atoms with Crippen molar-refractivity contribution in [2.75, 3.05) is 0 Å². The molecular weight excluding hydrogens is 296 g/mol. The zero-order valence-corrected chi connectivity index (χ0v) is 13.3. The van der Waals surface area contributed by atoms with E-state index in [1.165, 1.54) is 0 Å². The number of fused-ring (bicyclic) bond motifs is 1. The van der Waals surface area contributed by atoms with Crippen LogP contribution in [0.25, 0.3) is 34.3 Å². The van der Waals surface area contributed by atoms with Crippen LogP contribution in [-0.2, 0) is 7.05 Å². The number of para-hydroxylation sites is 1. The number of nitrogens with zero attached hydrogens (tertiary/aromatic N) is 4. The molecule has 0 bridgehead atoms. The molecule has 3 heterocycles. The molecule has 3 aromatic heterocycles. The van der Waals surface area contributed by atoms with E-state index in [4.69, 9.17) is 0 Å². The lowest BCUT2D eigenvalue weighted by Gasteiger charge is -1.99. The number of aryl methyl sites for hydroxylation is 1. The molecule has 0 amide bonds. The maximum atomic E-state index is 4.68. The van der Waals surface area contributed by atoms with Crippen LogP contribution in [-0.4, -0.2) is 19.7 Å². The lowest BCUT2D eigenvalue weighted by atomic mass is 10.1. The van der Waals surface area contributed by atoms with Gasteiger partial charge in [0.2, 0.25) is 0 Å². The first-order chi connectivity index (χ1) is 11.8. The van der Waals surface area contributed by atoms with Crippen LogP contribution in [0.5, 0.6) is 0 Å². The van der Waals surface area contributed by atoms with Gasteiger partial charge in [0, 0.05) is 42.2 Å². The second kappa shape index (κ2) is 6.08. The van der Waals surface area contributed by atoms with Gasteiger partial charge in [0.05, 0.1) is 16.9 Å². The van der Waals surface area contributed by atoms with E-state index in [0.717, 1.165) is 33.4 Å². The quantitative estimate of drug-likeness (QED) is 0.569. The third-order valence-electron chi connectivity index (χ3n) is 3.86. The van der Waals surface area contributed by atoms with Crippen LogP contribution in [0.1, 0.15) is 11.3 Å². The van der Waals surface area contributed by atoms with E-state index in [1.54, 1.807) is 12.4 Å². The minimum atomic E-state index is 0.929. The fourth-order valence-electron chi connectivity index (χ4n) is 2.71. The number of hydrogen-bond acceptors (Lipinski definition) is 3. The maximum Gasteiger partial charge on any atom is 0.0996 e. The van der Waals surface area contributed by atoms with Crippen molar-refractivity contribution < 1.29 is 0 Å². The van der Waals surface area contributed by atoms with Crippen molar-refractivity contribution in [2.24, 2.45) is 7.05 Å². The number of benzene rings is 1. The van der Waals surface area contributed by atoms with Crippen LogP contribution in [0, 0.1) is 0 Å². The minimum Gasteiger partial charge on any atom is -0.275 e. The Hall–Kier alpha value is -3.27. The third-order valence-corrected chi connectivity index (χ3v) is 3.86. The molecule has 4 aromatic rings. The monoisotopic (exact) mass is 312 g/mol. The molecule has 4 nitrogen and oxygen atoms in total. The molecule has 0 radical (unpaired) electrons. The van der Waals surface area contributed by atoms with Gasteiger partial charge in [0.15, 0.2) is 0 Å². The Labute approximate surface area is 140 Å². The molecule has 4 heteroatoms. The van der Waals surface area contributed by atoms with E-state index in [0.29, 0.717) is 0 Å². The fourth-order valence-corrected chi connectivity index (χ4v) is 2.71. The summed E-state index contributed by atoms with van der Waals surface area (Å²) in [5.41, 5.74) is 4.98. The molecule has 0 unspecified atom stereocenters. The highest BCUT2D eigenvalue weighted by Crippen LogP contribution is 2.23. The molecule has 0 atom stereocenters. The summed E-state index contributed by atoms with van der Waals surface area (Å²) >= 11 is 0. The first-order valence-electron chi connectivity index (χ1n) is 7.77. The first kappa shape index (κ1) is 14.3. The number of hydrogen-bond donors (Lipinski definition) is 0. The van der Waals surface area contributed by atoms with Crippen LogP contribution >= 0.6 is 0 Å². The van der Waals surface area contributed by atoms with Crippen molar-refractivity contribution >= 4 is 23.1 Å². The smallest absolute Gasteiger partial charge is 0.0996 e. The van der Waals surface area contributed by atoms with Crippen molar-refractivity contribution in [1.82, 2.24) is 19.7 Å². The van der Waals surface area contributed by atoms with Gasteiger partial charge >= 0.3 is 0 Å². The van der Waals surface area contributed by atoms with E-state index < -0.39 is 0 Å². The van der Waals surface area contributed by atoms with E-state index in [1.807, 2.05) is 60.4 Å². The molecule has 0 aliphatic rings. The molecule has 116 valence electrons. The standard InChI is InChI=1S/C20H16N4/c1-24-14-17(20(23-24)16-10-12-21-13-11-16)7-9-18-8-6-15-4-2-3-5-19(15)22-18/h2-14H,1H3/b9-7+. The predicted octanol–water partition coefficient (Wildman–Crippen LogP) is 4.20. The Morgan fingerprint density at radius 2 is 1.75 bits per heavy atom. The van der Waals surface area contributed by atoms with E-state index >= 15 is 0 Å². The normalized spacial score (nSPS) is 11.4. The topological polar surface area (TPSA) is 43.6 Å². The third kappa shape index (κ3) is 2.82. The number of aromatic nitrogens is 4. The Morgan fingerprint density at radius 3 is 2.62 bits per heavy atom. The molecular formula is C20H16N4. The first-order valence-corrected chi connectivity index (χ1v) is 7.77. The maximum absolute atomic E-state index is 4.68. The molecule has 0 aliphatic carbocycles. The molecule has 1 aromatic carbocycles. The Morgan fingerprint density at radius 1 is 0.917 bits per heavy atom. The lowest BCUT2D eigenvalue weighted by Crippen LogP contribution is -1.87. The van der Waals surface area contributed by atoms with Gasteiger partial charge in [-0.25, -0.2) is 4.98 Å². The molecule has 4 rings (SSSR count). The molecule has 0 N–H and O–H groups in total. The van der Waals surface area contributed by atoms with Crippen LogP contribution in [0.3, 0.4) is 0 Å². The fraction of sp³-hybridized carbons (Fsp3) is 0.0500. The van der Waals surface area contributed by atoms with Crippen LogP contribution in [0.15, 0.2) is 67.1 Å². The largest absolute Gasteiger partial charge is 0.275 e. The molecule has 24 heavy (non-hydrogen) atoms. The van der Waals surface area contributed by atoms with Crippen molar-refractivity contribution in [3.05, 3.63) is 78.4 Å². The molecule has 0 saturated heterocycles. The zero-order chi connectivity index (χ0) is 16.4. The van der Waals surface area contributed by atoms with Gasteiger partial charge in [-0.15, -0.1) is 0 Å². The highest BCUT2D eigenvalue weighted by Gasteiger charge is 2.07. The SMILES string of the molecule is Cn1cc(/C=C/c2ccc3ccccc3n2)c(-c2ccncc2)n1. The summed E-state index contributed by atoms with van der Waals surface area (Å²) in [5.74, 6) is 0. The molecule has 0 spiro atoms. The zero-order valence-electron chi connectivity index (χ0n) is 13.3. The van der Waals surface area contributed by atoms with Crippen molar-refractivity contribution in [3.8, 4) is 11.3 Å². The van der Waals surface area contributed by atoms with Gasteiger partial charge in [-0.1, -0.05) is 24.3 Å². The van der Waals surface area contributed by atoms with Crippen LogP contribution in [0.2, 0.25) is 0 Å². The molecule has 0 fully saturated rings.